The van der Waals surface area contributed by atoms with E-state index in [4.69, 9.17) is 4.74 Å². The number of rotatable bonds is 10. The van der Waals surface area contributed by atoms with Crippen LogP contribution in [-0.4, -0.2) is 50.9 Å². The summed E-state index contributed by atoms with van der Waals surface area (Å²) in [5.41, 5.74) is 1.95. The fourth-order valence-corrected chi connectivity index (χ4v) is 4.09. The topological polar surface area (TPSA) is 104 Å². The highest BCUT2D eigenvalue weighted by molar-refractivity contribution is 7.98. The monoisotopic (exact) mass is 530 g/mol. The summed E-state index contributed by atoms with van der Waals surface area (Å²) in [5, 5.41) is 11.5. The van der Waals surface area contributed by atoms with Crippen LogP contribution in [0.1, 0.15) is 21.7 Å². The Labute approximate surface area is 214 Å². The molecule has 0 spiro atoms. The number of methoxy groups -OCH3 is 1. The van der Waals surface area contributed by atoms with Crippen molar-refractivity contribution < 1.29 is 27.4 Å². The van der Waals surface area contributed by atoms with E-state index in [0.717, 1.165) is 23.4 Å². The summed E-state index contributed by atoms with van der Waals surface area (Å²) in [6.07, 6.45) is -1.02. The quantitative estimate of drug-likeness (QED) is 0.240. The van der Waals surface area contributed by atoms with Gasteiger partial charge in [0.05, 0.1) is 18.5 Å². The lowest BCUT2D eigenvalue weighted by molar-refractivity contribution is -0.274. The Morgan fingerprint density at radius 3 is 2.35 bits per heavy atom. The number of aromatic nitrogens is 5. The lowest BCUT2D eigenvalue weighted by Crippen LogP contribution is -2.27. The molecule has 1 amide bonds. The van der Waals surface area contributed by atoms with Crippen molar-refractivity contribution >= 4 is 17.7 Å². The number of alkyl halides is 3. The number of amides is 1. The first kappa shape index (κ1) is 25.9. The second-order valence-corrected chi connectivity index (χ2v) is 8.45. The largest absolute Gasteiger partial charge is 0.573 e. The number of nitrogens with one attached hydrogen (secondary N) is 1. The summed E-state index contributed by atoms with van der Waals surface area (Å²) in [5.74, 6) is 0.175. The number of carbonyl (C=O) groups is 1. The molecule has 0 saturated heterocycles. The highest BCUT2D eigenvalue weighted by atomic mass is 32.2. The zero-order valence-electron chi connectivity index (χ0n) is 19.5. The van der Waals surface area contributed by atoms with Gasteiger partial charge in [-0.3, -0.25) is 4.79 Å². The molecule has 0 saturated carbocycles. The third kappa shape index (κ3) is 7.19. The number of nitrogens with zero attached hydrogens (tertiary/aromatic N) is 5. The molecule has 2 aromatic heterocycles. The first-order valence-corrected chi connectivity index (χ1v) is 11.9. The Morgan fingerprint density at radius 2 is 1.70 bits per heavy atom. The average Bonchev–Trinajstić information content (AvgIpc) is 3.32. The lowest BCUT2D eigenvalue weighted by Gasteiger charge is -2.11. The zero-order valence-corrected chi connectivity index (χ0v) is 20.3. The number of halogens is 3. The van der Waals surface area contributed by atoms with Crippen molar-refractivity contribution in [1.82, 2.24) is 30.3 Å². The Kier molecular flexibility index (Phi) is 8.23. The predicted molar refractivity (Wildman–Crippen MR) is 129 cm³/mol. The van der Waals surface area contributed by atoms with Crippen molar-refractivity contribution in [3.05, 3.63) is 83.9 Å². The van der Waals surface area contributed by atoms with Crippen LogP contribution >= 0.6 is 11.8 Å². The van der Waals surface area contributed by atoms with Crippen LogP contribution in [0.3, 0.4) is 0 Å². The van der Waals surface area contributed by atoms with Gasteiger partial charge in [-0.1, -0.05) is 29.1 Å². The summed E-state index contributed by atoms with van der Waals surface area (Å²) < 4.78 is 48.0. The summed E-state index contributed by atoms with van der Waals surface area (Å²) in [7, 11) is 1.59. The van der Waals surface area contributed by atoms with Crippen molar-refractivity contribution in [3.8, 4) is 17.2 Å². The normalized spacial score (nSPS) is 11.2. The second kappa shape index (κ2) is 11.7. The minimum Gasteiger partial charge on any atom is -0.497 e. The first-order valence-electron chi connectivity index (χ1n) is 10.9. The maximum atomic E-state index is 13.0. The van der Waals surface area contributed by atoms with Gasteiger partial charge in [-0.15, -0.1) is 18.3 Å². The van der Waals surface area contributed by atoms with Crippen LogP contribution in [0.25, 0.3) is 5.69 Å². The Balaban J connectivity index is 1.51. The molecule has 2 heterocycles. The van der Waals surface area contributed by atoms with E-state index in [1.165, 1.54) is 28.6 Å². The van der Waals surface area contributed by atoms with Gasteiger partial charge in [0.15, 0.2) is 10.9 Å². The van der Waals surface area contributed by atoms with Gasteiger partial charge in [-0.2, -0.15) is 0 Å². The lowest BCUT2D eigenvalue weighted by atomic mass is 10.1. The molecule has 0 aliphatic heterocycles. The van der Waals surface area contributed by atoms with Gasteiger partial charge >= 0.3 is 6.36 Å². The molecule has 4 aromatic rings. The average molecular weight is 531 g/mol. The van der Waals surface area contributed by atoms with Gasteiger partial charge in [-0.05, 0) is 54.4 Å². The molecule has 192 valence electrons. The van der Waals surface area contributed by atoms with E-state index < -0.39 is 12.3 Å². The molecule has 0 bridgehead atoms. The third-order valence-corrected chi connectivity index (χ3v) is 5.92. The van der Waals surface area contributed by atoms with Crippen molar-refractivity contribution in [1.29, 1.82) is 0 Å². The van der Waals surface area contributed by atoms with Gasteiger partial charge in [0.25, 0.3) is 5.91 Å². The van der Waals surface area contributed by atoms with Crippen LogP contribution in [0, 0.1) is 0 Å². The standard InChI is InChI=1S/C24H21F3N6O3S/c1-35-18-7-3-16(4-8-18)11-14-28-22(34)21-20(15-37-23-29-12-2-13-30-23)33(32-31-21)17-5-9-19(10-6-17)36-24(25,26)27/h2-10,12-13H,11,14-15H2,1H3,(H,28,34). The zero-order chi connectivity index (χ0) is 26.3. The van der Waals surface area contributed by atoms with E-state index in [2.05, 4.69) is 30.3 Å². The minimum atomic E-state index is -4.80. The van der Waals surface area contributed by atoms with E-state index in [9.17, 15) is 18.0 Å². The molecule has 0 aliphatic rings. The van der Waals surface area contributed by atoms with Gasteiger partial charge in [-0.25, -0.2) is 14.6 Å². The predicted octanol–water partition coefficient (Wildman–Crippen LogP) is 4.23. The van der Waals surface area contributed by atoms with Gasteiger partial charge < -0.3 is 14.8 Å². The maximum absolute atomic E-state index is 13.0. The SMILES string of the molecule is COc1ccc(CCNC(=O)c2nnn(-c3ccc(OC(F)(F)F)cc3)c2CSc2ncccn2)cc1. The molecule has 0 atom stereocenters. The smallest absolute Gasteiger partial charge is 0.497 e. The van der Waals surface area contributed by atoms with Gasteiger partial charge in [0, 0.05) is 24.7 Å². The molecular weight excluding hydrogens is 509 g/mol. The number of hydrogen-bond acceptors (Lipinski definition) is 8. The van der Waals surface area contributed by atoms with E-state index in [0.29, 0.717) is 29.5 Å². The van der Waals surface area contributed by atoms with Crippen molar-refractivity contribution in [2.75, 3.05) is 13.7 Å². The highest BCUT2D eigenvalue weighted by Crippen LogP contribution is 2.26. The van der Waals surface area contributed by atoms with Crippen LogP contribution in [0.2, 0.25) is 0 Å². The fraction of sp³-hybridized carbons (Fsp3) is 0.208. The number of benzene rings is 2. The molecule has 0 radical (unpaired) electrons. The van der Waals surface area contributed by atoms with Crippen molar-refractivity contribution in [2.45, 2.75) is 23.7 Å². The van der Waals surface area contributed by atoms with Crippen LogP contribution in [-0.2, 0) is 12.2 Å². The number of carbonyl (C=O) groups excluding carboxylic acids is 1. The number of hydrogen-bond donors (Lipinski definition) is 1. The molecule has 37 heavy (non-hydrogen) atoms. The summed E-state index contributed by atoms with van der Waals surface area (Å²) >= 11 is 1.27. The molecular formula is C24H21F3N6O3S. The second-order valence-electron chi connectivity index (χ2n) is 7.51. The molecule has 2 aromatic carbocycles. The minimum absolute atomic E-state index is 0.0915. The maximum Gasteiger partial charge on any atom is 0.573 e. The Bertz CT molecular complexity index is 1320. The van der Waals surface area contributed by atoms with E-state index in [1.54, 1.807) is 25.6 Å². The molecule has 1 N–H and O–H groups in total. The van der Waals surface area contributed by atoms with Gasteiger partial charge in [0.1, 0.15) is 11.5 Å². The van der Waals surface area contributed by atoms with Crippen molar-refractivity contribution in [2.24, 2.45) is 0 Å². The molecule has 4 rings (SSSR count). The molecule has 0 unspecified atom stereocenters. The molecule has 0 fully saturated rings. The first-order chi connectivity index (χ1) is 17.8. The van der Waals surface area contributed by atoms with Crippen LogP contribution in [0.15, 0.2) is 72.1 Å². The fourth-order valence-electron chi connectivity index (χ4n) is 3.29. The van der Waals surface area contributed by atoms with E-state index in [-0.39, 0.29) is 17.2 Å². The van der Waals surface area contributed by atoms with Crippen LogP contribution in [0.4, 0.5) is 13.2 Å². The number of ether oxygens (including phenoxy) is 2. The summed E-state index contributed by atoms with van der Waals surface area (Å²) in [6.45, 7) is 0.357. The number of thioether (sulfide) groups is 1. The van der Waals surface area contributed by atoms with Crippen LogP contribution in [0.5, 0.6) is 11.5 Å². The Hall–Kier alpha value is -4.13. The van der Waals surface area contributed by atoms with Crippen LogP contribution < -0.4 is 14.8 Å². The summed E-state index contributed by atoms with van der Waals surface area (Å²) in [4.78, 5) is 21.3. The highest BCUT2D eigenvalue weighted by Gasteiger charge is 2.31. The molecule has 0 aliphatic carbocycles. The van der Waals surface area contributed by atoms with E-state index in [1.807, 2.05) is 24.3 Å². The summed E-state index contributed by atoms with van der Waals surface area (Å²) in [6, 6.07) is 14.3. The molecule has 13 heteroatoms. The molecule has 9 nitrogen and oxygen atoms in total. The van der Waals surface area contributed by atoms with E-state index >= 15 is 0 Å². The van der Waals surface area contributed by atoms with Crippen molar-refractivity contribution in [3.63, 3.8) is 0 Å². The third-order valence-electron chi connectivity index (χ3n) is 5.03. The Morgan fingerprint density at radius 1 is 1.03 bits per heavy atom. The van der Waals surface area contributed by atoms with Gasteiger partial charge in [0.2, 0.25) is 0 Å².